The maximum absolute atomic E-state index is 13.6. The molecule has 0 spiro atoms. The molecule has 5 heteroatoms. The Labute approximate surface area is 113 Å². The van der Waals surface area contributed by atoms with Gasteiger partial charge >= 0.3 is 0 Å². The Bertz CT molecular complexity index is 454. The van der Waals surface area contributed by atoms with Gasteiger partial charge in [-0.2, -0.15) is 0 Å². The lowest BCUT2D eigenvalue weighted by molar-refractivity contribution is 0.170. The maximum atomic E-state index is 13.6. The van der Waals surface area contributed by atoms with Gasteiger partial charge in [0.1, 0.15) is 0 Å². The highest BCUT2D eigenvalue weighted by Crippen LogP contribution is 2.32. The fourth-order valence-electron chi connectivity index (χ4n) is 2.59. The highest BCUT2D eigenvalue weighted by atomic mass is 19.1. The molecule has 0 aliphatic carbocycles. The fraction of sp³-hybridized carbons (Fsp3) is 0.571. The summed E-state index contributed by atoms with van der Waals surface area (Å²) in [5.41, 5.74) is 7.26. The molecule has 1 aliphatic rings. The average molecular weight is 267 g/mol. The number of nitrogens with two attached hydrogens (primary N) is 1. The van der Waals surface area contributed by atoms with Crippen LogP contribution >= 0.6 is 0 Å². The summed E-state index contributed by atoms with van der Waals surface area (Å²) in [6.07, 6.45) is 0. The van der Waals surface area contributed by atoms with E-state index in [1.54, 1.807) is 6.07 Å². The number of benzene rings is 1. The lowest BCUT2D eigenvalue weighted by Gasteiger charge is -2.43. The SMILES string of the molecule is COc1cc(N2CC(C)N(C)C(C)C2)c(N)cc1F. The van der Waals surface area contributed by atoms with Crippen molar-refractivity contribution in [2.75, 3.05) is 37.9 Å². The van der Waals surface area contributed by atoms with Crippen molar-refractivity contribution in [3.05, 3.63) is 17.9 Å². The molecule has 0 radical (unpaired) electrons. The van der Waals surface area contributed by atoms with Gasteiger partial charge in [-0.25, -0.2) is 4.39 Å². The van der Waals surface area contributed by atoms with Crippen molar-refractivity contribution in [3.8, 4) is 5.75 Å². The van der Waals surface area contributed by atoms with Crippen LogP contribution in [-0.2, 0) is 0 Å². The number of nitrogens with zero attached hydrogens (tertiary/aromatic N) is 2. The first-order valence-corrected chi connectivity index (χ1v) is 6.54. The molecule has 0 aromatic heterocycles. The summed E-state index contributed by atoms with van der Waals surface area (Å²) in [6, 6.07) is 3.88. The van der Waals surface area contributed by atoms with Gasteiger partial charge in [-0.05, 0) is 20.9 Å². The Morgan fingerprint density at radius 1 is 1.26 bits per heavy atom. The third-order valence-corrected chi connectivity index (χ3v) is 4.00. The zero-order valence-corrected chi connectivity index (χ0v) is 12.0. The first-order chi connectivity index (χ1) is 8.93. The molecule has 2 atom stereocenters. The van der Waals surface area contributed by atoms with Gasteiger partial charge in [0.25, 0.3) is 0 Å². The van der Waals surface area contributed by atoms with E-state index in [-0.39, 0.29) is 5.75 Å². The minimum absolute atomic E-state index is 0.239. The van der Waals surface area contributed by atoms with E-state index in [0.29, 0.717) is 17.8 Å². The minimum atomic E-state index is -0.418. The number of hydrogen-bond donors (Lipinski definition) is 1. The number of rotatable bonds is 2. The second-order valence-corrected chi connectivity index (χ2v) is 5.31. The van der Waals surface area contributed by atoms with E-state index < -0.39 is 5.82 Å². The molecule has 2 N–H and O–H groups in total. The Morgan fingerprint density at radius 3 is 2.37 bits per heavy atom. The van der Waals surface area contributed by atoms with Crippen molar-refractivity contribution in [2.45, 2.75) is 25.9 Å². The number of anilines is 2. The Kier molecular flexibility index (Phi) is 3.85. The van der Waals surface area contributed by atoms with E-state index in [1.807, 2.05) is 0 Å². The van der Waals surface area contributed by atoms with Gasteiger partial charge in [0.15, 0.2) is 11.6 Å². The van der Waals surface area contributed by atoms with Gasteiger partial charge in [0.05, 0.1) is 18.5 Å². The Balaban J connectivity index is 2.31. The van der Waals surface area contributed by atoms with Crippen molar-refractivity contribution in [3.63, 3.8) is 0 Å². The maximum Gasteiger partial charge on any atom is 0.167 e. The van der Waals surface area contributed by atoms with E-state index in [2.05, 4.69) is 30.7 Å². The molecule has 2 rings (SSSR count). The van der Waals surface area contributed by atoms with Crippen LogP contribution in [0, 0.1) is 5.82 Å². The number of ether oxygens (including phenoxy) is 1. The monoisotopic (exact) mass is 267 g/mol. The molecule has 19 heavy (non-hydrogen) atoms. The zero-order chi connectivity index (χ0) is 14.2. The molecule has 4 nitrogen and oxygen atoms in total. The van der Waals surface area contributed by atoms with Crippen LogP contribution in [0.2, 0.25) is 0 Å². The zero-order valence-electron chi connectivity index (χ0n) is 12.0. The Morgan fingerprint density at radius 2 is 1.84 bits per heavy atom. The molecule has 1 fully saturated rings. The van der Waals surface area contributed by atoms with Crippen LogP contribution in [-0.4, -0.2) is 44.2 Å². The van der Waals surface area contributed by atoms with E-state index >= 15 is 0 Å². The van der Waals surface area contributed by atoms with E-state index in [4.69, 9.17) is 10.5 Å². The van der Waals surface area contributed by atoms with Crippen LogP contribution in [0.4, 0.5) is 15.8 Å². The molecule has 1 heterocycles. The van der Waals surface area contributed by atoms with Crippen molar-refractivity contribution in [2.24, 2.45) is 0 Å². The molecule has 0 amide bonds. The number of nitrogen functional groups attached to an aromatic ring is 1. The molecule has 1 aromatic rings. The number of methoxy groups -OCH3 is 1. The number of piperazine rings is 1. The topological polar surface area (TPSA) is 41.7 Å². The summed E-state index contributed by atoms with van der Waals surface area (Å²) in [6.45, 7) is 6.11. The van der Waals surface area contributed by atoms with Gasteiger partial charge in [0, 0.05) is 37.3 Å². The predicted molar refractivity (Wildman–Crippen MR) is 76.3 cm³/mol. The highest BCUT2D eigenvalue weighted by molar-refractivity contribution is 5.70. The smallest absolute Gasteiger partial charge is 0.167 e. The summed E-state index contributed by atoms with van der Waals surface area (Å²) >= 11 is 0. The largest absolute Gasteiger partial charge is 0.494 e. The molecule has 2 unspecified atom stereocenters. The molecule has 1 saturated heterocycles. The number of likely N-dealkylation sites (N-methyl/N-ethyl adjacent to an activating group) is 1. The summed E-state index contributed by atoms with van der Waals surface area (Å²) in [5.74, 6) is -0.178. The van der Waals surface area contributed by atoms with Gasteiger partial charge in [-0.1, -0.05) is 0 Å². The van der Waals surface area contributed by atoms with Crippen LogP contribution < -0.4 is 15.4 Å². The second-order valence-electron chi connectivity index (χ2n) is 5.31. The van der Waals surface area contributed by atoms with Gasteiger partial charge < -0.3 is 15.4 Å². The average Bonchev–Trinajstić information content (AvgIpc) is 2.35. The lowest BCUT2D eigenvalue weighted by atomic mass is 10.1. The van der Waals surface area contributed by atoms with Gasteiger partial charge in [-0.3, -0.25) is 4.90 Å². The highest BCUT2D eigenvalue weighted by Gasteiger charge is 2.28. The van der Waals surface area contributed by atoms with Crippen LogP contribution in [0.5, 0.6) is 5.75 Å². The van der Waals surface area contributed by atoms with E-state index in [9.17, 15) is 4.39 Å². The van der Waals surface area contributed by atoms with Crippen LogP contribution in [0.1, 0.15) is 13.8 Å². The van der Waals surface area contributed by atoms with Crippen molar-refractivity contribution in [1.82, 2.24) is 4.90 Å². The first-order valence-electron chi connectivity index (χ1n) is 6.54. The van der Waals surface area contributed by atoms with Gasteiger partial charge in [0.2, 0.25) is 0 Å². The quantitative estimate of drug-likeness (QED) is 0.832. The normalized spacial score (nSPS) is 24.6. The molecule has 106 valence electrons. The third kappa shape index (κ3) is 2.61. The second kappa shape index (κ2) is 5.25. The molecule has 1 aliphatic heterocycles. The van der Waals surface area contributed by atoms with E-state index in [0.717, 1.165) is 18.8 Å². The van der Waals surface area contributed by atoms with Gasteiger partial charge in [-0.15, -0.1) is 0 Å². The molecule has 1 aromatic carbocycles. The molecule has 0 bridgehead atoms. The summed E-state index contributed by atoms with van der Waals surface area (Å²) in [7, 11) is 3.59. The van der Waals surface area contributed by atoms with Crippen molar-refractivity contribution < 1.29 is 9.13 Å². The van der Waals surface area contributed by atoms with E-state index in [1.165, 1.54) is 13.2 Å². The number of halogens is 1. The van der Waals surface area contributed by atoms with Crippen LogP contribution in [0.25, 0.3) is 0 Å². The summed E-state index contributed by atoms with van der Waals surface area (Å²) < 4.78 is 18.6. The predicted octanol–water partition coefficient (Wildman–Crippen LogP) is 1.95. The van der Waals surface area contributed by atoms with Crippen LogP contribution in [0.3, 0.4) is 0 Å². The Hall–Kier alpha value is -1.49. The summed E-state index contributed by atoms with van der Waals surface area (Å²) in [4.78, 5) is 4.54. The molecular formula is C14H22FN3O. The molecule has 0 saturated carbocycles. The van der Waals surface area contributed by atoms with Crippen molar-refractivity contribution >= 4 is 11.4 Å². The fourth-order valence-corrected chi connectivity index (χ4v) is 2.59. The molecular weight excluding hydrogens is 245 g/mol. The van der Waals surface area contributed by atoms with Crippen LogP contribution in [0.15, 0.2) is 12.1 Å². The summed E-state index contributed by atoms with van der Waals surface area (Å²) in [5, 5.41) is 0. The minimum Gasteiger partial charge on any atom is -0.494 e. The lowest BCUT2D eigenvalue weighted by Crippen LogP contribution is -2.55. The van der Waals surface area contributed by atoms with Crippen molar-refractivity contribution in [1.29, 1.82) is 0 Å². The first kappa shape index (κ1) is 13.9. The number of hydrogen-bond acceptors (Lipinski definition) is 4. The third-order valence-electron chi connectivity index (χ3n) is 4.00. The standard InChI is InChI=1S/C14H22FN3O/c1-9-7-18(8-10(2)17(9)3)13-6-14(19-4)11(15)5-12(13)16/h5-6,9-10H,7-8,16H2,1-4H3.